The van der Waals surface area contributed by atoms with Crippen molar-refractivity contribution in [1.29, 1.82) is 0 Å². The number of carbonyl (C=O) groups is 3. The second kappa shape index (κ2) is 7.94. The fourth-order valence-corrected chi connectivity index (χ4v) is 3.20. The third-order valence-electron chi connectivity index (χ3n) is 4.62. The average molecular weight is 405 g/mol. The number of hydrogen-bond acceptors (Lipinski definition) is 3. The maximum Gasteiger partial charge on any atom is 0.416 e. The summed E-state index contributed by atoms with van der Waals surface area (Å²) in [5.74, 6) is -2.18. The van der Waals surface area contributed by atoms with Gasteiger partial charge >= 0.3 is 6.18 Å². The van der Waals surface area contributed by atoms with Crippen molar-refractivity contribution in [1.82, 2.24) is 0 Å². The Hall–Kier alpha value is -3.36. The Labute approximate surface area is 164 Å². The summed E-state index contributed by atoms with van der Waals surface area (Å²) in [6.07, 6.45) is -4.71. The van der Waals surface area contributed by atoms with Crippen molar-refractivity contribution in [3.05, 3.63) is 59.7 Å². The highest BCUT2D eigenvalue weighted by Gasteiger charge is 2.37. The van der Waals surface area contributed by atoms with Crippen LogP contribution >= 0.6 is 0 Å². The molecular formula is C20H18F3N3O3. The van der Waals surface area contributed by atoms with E-state index in [1.807, 2.05) is 0 Å². The number of nitrogens with one attached hydrogen (secondary N) is 1. The van der Waals surface area contributed by atoms with Gasteiger partial charge in [0.1, 0.15) is 0 Å². The maximum absolute atomic E-state index is 12.9. The second-order valence-corrected chi connectivity index (χ2v) is 6.74. The fourth-order valence-electron chi connectivity index (χ4n) is 3.20. The van der Waals surface area contributed by atoms with Gasteiger partial charge in [-0.3, -0.25) is 14.4 Å². The van der Waals surface area contributed by atoms with Gasteiger partial charge in [-0.25, -0.2) is 0 Å². The first kappa shape index (κ1) is 20.4. The van der Waals surface area contributed by atoms with E-state index in [1.165, 1.54) is 17.0 Å². The summed E-state index contributed by atoms with van der Waals surface area (Å²) < 4.78 is 38.8. The molecule has 3 amide bonds. The summed E-state index contributed by atoms with van der Waals surface area (Å²) in [6, 6.07) is 11.1. The molecule has 0 bridgehead atoms. The zero-order chi connectivity index (χ0) is 21.2. The Morgan fingerprint density at radius 2 is 1.86 bits per heavy atom. The van der Waals surface area contributed by atoms with Crippen molar-refractivity contribution in [3.63, 3.8) is 0 Å². The highest BCUT2D eigenvalue weighted by Crippen LogP contribution is 2.33. The normalized spacial score (nSPS) is 16.7. The van der Waals surface area contributed by atoms with Crippen molar-refractivity contribution in [2.45, 2.75) is 19.0 Å². The number of nitrogens with two attached hydrogens (primary N) is 1. The molecule has 1 unspecified atom stereocenters. The van der Waals surface area contributed by atoms with Gasteiger partial charge in [-0.15, -0.1) is 0 Å². The lowest BCUT2D eigenvalue weighted by Crippen LogP contribution is -2.28. The molecule has 6 nitrogen and oxygen atoms in total. The van der Waals surface area contributed by atoms with E-state index in [4.69, 9.17) is 5.73 Å². The first-order valence-corrected chi connectivity index (χ1v) is 8.80. The number of nitrogens with zero attached hydrogens (tertiary/aromatic N) is 1. The fraction of sp³-hybridized carbons (Fsp3) is 0.250. The molecule has 3 rings (SSSR count). The number of alkyl halides is 3. The van der Waals surface area contributed by atoms with Crippen molar-refractivity contribution in [2.75, 3.05) is 16.8 Å². The van der Waals surface area contributed by atoms with Crippen LogP contribution in [0.15, 0.2) is 48.5 Å². The predicted molar refractivity (Wildman–Crippen MR) is 99.9 cm³/mol. The molecule has 2 aromatic carbocycles. The molecule has 0 aliphatic carbocycles. The summed E-state index contributed by atoms with van der Waals surface area (Å²) in [5.41, 5.74) is 5.37. The number of rotatable bonds is 5. The van der Waals surface area contributed by atoms with E-state index >= 15 is 0 Å². The Kier molecular flexibility index (Phi) is 5.58. The molecule has 29 heavy (non-hydrogen) atoms. The number of anilines is 2. The van der Waals surface area contributed by atoms with Gasteiger partial charge in [0.25, 0.3) is 0 Å². The van der Waals surface area contributed by atoms with Crippen LogP contribution in [0.5, 0.6) is 0 Å². The second-order valence-electron chi connectivity index (χ2n) is 6.74. The zero-order valence-electron chi connectivity index (χ0n) is 15.2. The molecular weight excluding hydrogens is 387 g/mol. The van der Waals surface area contributed by atoms with Gasteiger partial charge in [0.15, 0.2) is 0 Å². The predicted octanol–water partition coefficient (Wildman–Crippen LogP) is 2.72. The number of carbonyl (C=O) groups excluding carboxylic acids is 3. The smallest absolute Gasteiger partial charge is 0.369 e. The van der Waals surface area contributed by atoms with Gasteiger partial charge < -0.3 is 16.0 Å². The lowest BCUT2D eigenvalue weighted by atomic mass is 10.1. The van der Waals surface area contributed by atoms with Crippen LogP contribution in [0.4, 0.5) is 24.5 Å². The number of para-hydroxylation sites is 1. The molecule has 0 saturated carbocycles. The van der Waals surface area contributed by atoms with Crippen LogP contribution in [-0.4, -0.2) is 24.3 Å². The minimum Gasteiger partial charge on any atom is -0.369 e. The molecule has 3 N–H and O–H groups in total. The molecule has 0 aromatic heterocycles. The number of halogens is 3. The molecule has 1 fully saturated rings. The van der Waals surface area contributed by atoms with Crippen LogP contribution in [0.1, 0.15) is 17.5 Å². The summed E-state index contributed by atoms with van der Waals surface area (Å²) in [4.78, 5) is 37.3. The average Bonchev–Trinajstić information content (AvgIpc) is 3.04. The van der Waals surface area contributed by atoms with Crippen molar-refractivity contribution < 1.29 is 27.6 Å². The standard InChI is InChI=1S/C20H18F3N3O3/c21-20(22,23)14-5-3-6-15(10-14)26-11-13(9-18(26)28)19(29)25-16-7-2-1-4-12(16)8-17(24)27/h1-7,10,13H,8-9,11H2,(H2,24,27)(H,25,29). The Bertz CT molecular complexity index is 959. The van der Waals surface area contributed by atoms with Gasteiger partial charge in [0.05, 0.1) is 17.9 Å². The van der Waals surface area contributed by atoms with E-state index in [9.17, 15) is 27.6 Å². The highest BCUT2D eigenvalue weighted by atomic mass is 19.4. The summed E-state index contributed by atoms with van der Waals surface area (Å²) in [5, 5.41) is 2.68. The van der Waals surface area contributed by atoms with E-state index in [0.717, 1.165) is 12.1 Å². The number of benzene rings is 2. The molecule has 1 aliphatic heterocycles. The Morgan fingerprint density at radius 3 is 2.55 bits per heavy atom. The van der Waals surface area contributed by atoms with Crippen molar-refractivity contribution in [3.8, 4) is 0 Å². The van der Waals surface area contributed by atoms with E-state index < -0.39 is 35.4 Å². The van der Waals surface area contributed by atoms with Crippen LogP contribution in [0, 0.1) is 5.92 Å². The van der Waals surface area contributed by atoms with E-state index in [1.54, 1.807) is 24.3 Å². The van der Waals surface area contributed by atoms with Gasteiger partial charge in [0.2, 0.25) is 17.7 Å². The molecule has 0 radical (unpaired) electrons. The SMILES string of the molecule is NC(=O)Cc1ccccc1NC(=O)C1CC(=O)N(c2cccc(C(F)(F)F)c2)C1. The first-order chi connectivity index (χ1) is 13.6. The molecule has 9 heteroatoms. The van der Waals surface area contributed by atoms with Gasteiger partial charge in [-0.1, -0.05) is 24.3 Å². The Morgan fingerprint density at radius 1 is 1.14 bits per heavy atom. The highest BCUT2D eigenvalue weighted by molar-refractivity contribution is 6.04. The molecule has 0 spiro atoms. The third kappa shape index (κ3) is 4.74. The topological polar surface area (TPSA) is 92.5 Å². The molecule has 1 aliphatic rings. The van der Waals surface area contributed by atoms with E-state index in [2.05, 4.69) is 5.32 Å². The molecule has 1 heterocycles. The van der Waals surface area contributed by atoms with Crippen LogP contribution in [0.3, 0.4) is 0 Å². The van der Waals surface area contributed by atoms with Gasteiger partial charge in [0, 0.05) is 24.3 Å². The maximum atomic E-state index is 12.9. The molecule has 152 valence electrons. The number of hydrogen-bond donors (Lipinski definition) is 2. The van der Waals surface area contributed by atoms with Crippen molar-refractivity contribution >= 4 is 29.1 Å². The minimum absolute atomic E-state index is 0.0377. The monoisotopic (exact) mass is 405 g/mol. The van der Waals surface area contributed by atoms with E-state index in [-0.39, 0.29) is 25.1 Å². The molecule has 1 saturated heterocycles. The van der Waals surface area contributed by atoms with Crippen LogP contribution in [-0.2, 0) is 27.0 Å². The van der Waals surface area contributed by atoms with Crippen LogP contribution in [0.25, 0.3) is 0 Å². The van der Waals surface area contributed by atoms with Gasteiger partial charge in [-0.2, -0.15) is 13.2 Å². The number of primary amides is 1. The third-order valence-corrected chi connectivity index (χ3v) is 4.62. The Balaban J connectivity index is 1.74. The summed E-state index contributed by atoms with van der Waals surface area (Å²) in [7, 11) is 0. The summed E-state index contributed by atoms with van der Waals surface area (Å²) in [6.45, 7) is -0.0377. The zero-order valence-corrected chi connectivity index (χ0v) is 15.2. The lowest BCUT2D eigenvalue weighted by molar-refractivity contribution is -0.137. The number of amides is 3. The minimum atomic E-state index is -4.53. The summed E-state index contributed by atoms with van der Waals surface area (Å²) >= 11 is 0. The van der Waals surface area contributed by atoms with Crippen LogP contribution in [0.2, 0.25) is 0 Å². The molecule has 1 atom stereocenters. The lowest BCUT2D eigenvalue weighted by Gasteiger charge is -2.18. The molecule has 2 aromatic rings. The largest absolute Gasteiger partial charge is 0.416 e. The van der Waals surface area contributed by atoms with Crippen molar-refractivity contribution in [2.24, 2.45) is 11.7 Å². The quantitative estimate of drug-likeness (QED) is 0.801. The van der Waals surface area contributed by atoms with E-state index in [0.29, 0.717) is 11.3 Å². The van der Waals surface area contributed by atoms with Gasteiger partial charge in [-0.05, 0) is 29.8 Å². The van der Waals surface area contributed by atoms with Crippen LogP contribution < -0.4 is 16.0 Å². The first-order valence-electron chi connectivity index (χ1n) is 8.80.